The molecule has 1 aliphatic rings. The van der Waals surface area contributed by atoms with Gasteiger partial charge in [-0.2, -0.15) is 5.10 Å². The summed E-state index contributed by atoms with van der Waals surface area (Å²) >= 11 is 0. The first-order valence-electron chi connectivity index (χ1n) is 6.03. The summed E-state index contributed by atoms with van der Waals surface area (Å²) in [6.07, 6.45) is 1.12. The standard InChI is InChI=1S/C12H20N4O/c1-8(2)16-5-4-9(7-16)11-6-10(13)12(17-3)15-14-11/h6,8-9H,4-5,7H2,1-3H3,(H2,13,14). The van der Waals surface area contributed by atoms with Crippen LogP contribution < -0.4 is 10.5 Å². The SMILES string of the molecule is COc1nnc(C2CCN(C(C)C)C2)cc1N. The third kappa shape index (κ3) is 2.49. The van der Waals surface area contributed by atoms with Gasteiger partial charge < -0.3 is 15.4 Å². The second-order valence-electron chi connectivity index (χ2n) is 4.81. The zero-order valence-corrected chi connectivity index (χ0v) is 10.7. The maximum atomic E-state index is 5.85. The zero-order valence-electron chi connectivity index (χ0n) is 10.7. The molecule has 1 unspecified atom stereocenters. The van der Waals surface area contributed by atoms with Crippen molar-refractivity contribution in [1.29, 1.82) is 0 Å². The van der Waals surface area contributed by atoms with Gasteiger partial charge in [-0.25, -0.2) is 0 Å². The molecule has 0 bridgehead atoms. The lowest BCUT2D eigenvalue weighted by Crippen LogP contribution is -2.28. The number of likely N-dealkylation sites (tertiary alicyclic amines) is 1. The van der Waals surface area contributed by atoms with Crippen LogP contribution in [-0.4, -0.2) is 41.3 Å². The minimum atomic E-state index is 0.410. The Hall–Kier alpha value is -1.36. The molecule has 94 valence electrons. The lowest BCUT2D eigenvalue weighted by Gasteiger charge is -2.20. The molecule has 1 saturated heterocycles. The number of aromatic nitrogens is 2. The van der Waals surface area contributed by atoms with Crippen LogP contribution in [0, 0.1) is 0 Å². The molecular weight excluding hydrogens is 216 g/mol. The van der Waals surface area contributed by atoms with Gasteiger partial charge in [-0.1, -0.05) is 0 Å². The van der Waals surface area contributed by atoms with E-state index in [-0.39, 0.29) is 0 Å². The number of ether oxygens (including phenoxy) is 1. The monoisotopic (exact) mass is 236 g/mol. The number of hydrogen-bond donors (Lipinski definition) is 1. The molecule has 2 heterocycles. The van der Waals surface area contributed by atoms with Crippen LogP contribution in [-0.2, 0) is 0 Å². The predicted octanol–water partition coefficient (Wildman–Crippen LogP) is 1.27. The normalized spacial score (nSPS) is 21.1. The summed E-state index contributed by atoms with van der Waals surface area (Å²) in [5, 5.41) is 8.20. The van der Waals surface area contributed by atoms with Gasteiger partial charge in [0.2, 0.25) is 0 Å². The highest BCUT2D eigenvalue weighted by Crippen LogP contribution is 2.29. The largest absolute Gasteiger partial charge is 0.478 e. The molecule has 0 saturated carbocycles. The van der Waals surface area contributed by atoms with Crippen LogP contribution >= 0.6 is 0 Å². The third-order valence-electron chi connectivity index (χ3n) is 3.37. The van der Waals surface area contributed by atoms with Crippen LogP contribution in [0.3, 0.4) is 0 Å². The molecule has 0 spiro atoms. The van der Waals surface area contributed by atoms with Crippen molar-refractivity contribution < 1.29 is 4.74 Å². The van der Waals surface area contributed by atoms with Gasteiger partial charge in [0.15, 0.2) is 0 Å². The lowest BCUT2D eigenvalue weighted by atomic mass is 10.0. The van der Waals surface area contributed by atoms with E-state index < -0.39 is 0 Å². The number of nitrogen functional groups attached to an aromatic ring is 1. The lowest BCUT2D eigenvalue weighted by molar-refractivity contribution is 0.272. The number of nitrogens with zero attached hydrogens (tertiary/aromatic N) is 3. The van der Waals surface area contributed by atoms with Crippen molar-refractivity contribution in [1.82, 2.24) is 15.1 Å². The van der Waals surface area contributed by atoms with Crippen molar-refractivity contribution in [2.45, 2.75) is 32.2 Å². The summed E-state index contributed by atoms with van der Waals surface area (Å²) in [6, 6.07) is 2.48. The summed E-state index contributed by atoms with van der Waals surface area (Å²) < 4.78 is 5.01. The van der Waals surface area contributed by atoms with Gasteiger partial charge in [-0.3, -0.25) is 0 Å². The van der Waals surface area contributed by atoms with Crippen molar-refractivity contribution in [3.63, 3.8) is 0 Å². The van der Waals surface area contributed by atoms with Crippen molar-refractivity contribution in [2.24, 2.45) is 0 Å². The van der Waals surface area contributed by atoms with Gasteiger partial charge in [0, 0.05) is 18.5 Å². The molecule has 1 aromatic heterocycles. The first kappa shape index (κ1) is 12.1. The van der Waals surface area contributed by atoms with E-state index in [1.807, 2.05) is 6.07 Å². The molecule has 5 nitrogen and oxygen atoms in total. The van der Waals surface area contributed by atoms with Gasteiger partial charge in [0.25, 0.3) is 5.88 Å². The van der Waals surface area contributed by atoms with Crippen molar-refractivity contribution in [3.8, 4) is 5.88 Å². The Morgan fingerprint density at radius 1 is 1.47 bits per heavy atom. The molecule has 2 rings (SSSR count). The summed E-state index contributed by atoms with van der Waals surface area (Å²) in [4.78, 5) is 2.45. The fraction of sp³-hybridized carbons (Fsp3) is 0.667. The molecule has 2 N–H and O–H groups in total. The number of anilines is 1. The van der Waals surface area contributed by atoms with Crippen molar-refractivity contribution >= 4 is 5.69 Å². The molecule has 0 aliphatic carbocycles. The minimum Gasteiger partial charge on any atom is -0.478 e. The van der Waals surface area contributed by atoms with Gasteiger partial charge >= 0.3 is 0 Å². The highest BCUT2D eigenvalue weighted by Gasteiger charge is 2.27. The summed E-state index contributed by atoms with van der Waals surface area (Å²) in [6.45, 7) is 6.60. The summed E-state index contributed by atoms with van der Waals surface area (Å²) in [5.74, 6) is 0.852. The molecule has 1 aliphatic heterocycles. The van der Waals surface area contributed by atoms with Gasteiger partial charge in [-0.15, -0.1) is 5.10 Å². The van der Waals surface area contributed by atoms with Crippen LogP contribution in [0.4, 0.5) is 5.69 Å². The van der Waals surface area contributed by atoms with Crippen molar-refractivity contribution in [3.05, 3.63) is 11.8 Å². The second kappa shape index (κ2) is 4.87. The Kier molecular flexibility index (Phi) is 3.47. The number of hydrogen-bond acceptors (Lipinski definition) is 5. The average Bonchev–Trinajstić information content (AvgIpc) is 2.78. The minimum absolute atomic E-state index is 0.410. The molecular formula is C12H20N4O. The Balaban J connectivity index is 2.11. The quantitative estimate of drug-likeness (QED) is 0.856. The molecule has 1 atom stereocenters. The number of rotatable bonds is 3. The molecule has 1 fully saturated rings. The van der Waals surface area contributed by atoms with E-state index in [1.165, 1.54) is 0 Å². The molecule has 5 heteroatoms. The molecule has 0 radical (unpaired) electrons. The van der Waals surface area contributed by atoms with Crippen LogP contribution in [0.5, 0.6) is 5.88 Å². The molecule has 0 amide bonds. The number of nitrogens with two attached hydrogens (primary N) is 1. The van der Waals surface area contributed by atoms with E-state index in [4.69, 9.17) is 10.5 Å². The maximum absolute atomic E-state index is 5.85. The topological polar surface area (TPSA) is 64.3 Å². The maximum Gasteiger partial charge on any atom is 0.256 e. The second-order valence-corrected chi connectivity index (χ2v) is 4.81. The molecule has 0 aromatic carbocycles. The van der Waals surface area contributed by atoms with Gasteiger partial charge in [0.05, 0.1) is 18.5 Å². The predicted molar refractivity (Wildman–Crippen MR) is 67.1 cm³/mol. The Labute approximate surface area is 102 Å². The Morgan fingerprint density at radius 3 is 2.76 bits per heavy atom. The van der Waals surface area contributed by atoms with Crippen LogP contribution in [0.15, 0.2) is 6.07 Å². The fourth-order valence-corrected chi connectivity index (χ4v) is 2.27. The highest BCUT2D eigenvalue weighted by molar-refractivity contribution is 5.48. The smallest absolute Gasteiger partial charge is 0.256 e. The third-order valence-corrected chi connectivity index (χ3v) is 3.37. The van der Waals surface area contributed by atoms with E-state index in [9.17, 15) is 0 Å². The van der Waals surface area contributed by atoms with E-state index in [0.717, 1.165) is 25.2 Å². The van der Waals surface area contributed by atoms with Crippen LogP contribution in [0.25, 0.3) is 0 Å². The molecule has 1 aromatic rings. The van der Waals surface area contributed by atoms with E-state index in [2.05, 4.69) is 28.9 Å². The Morgan fingerprint density at radius 2 is 2.24 bits per heavy atom. The summed E-state index contributed by atoms with van der Waals surface area (Å²) in [7, 11) is 1.55. The van der Waals surface area contributed by atoms with E-state index >= 15 is 0 Å². The van der Waals surface area contributed by atoms with E-state index in [0.29, 0.717) is 23.5 Å². The highest BCUT2D eigenvalue weighted by atomic mass is 16.5. The molecule has 17 heavy (non-hydrogen) atoms. The fourth-order valence-electron chi connectivity index (χ4n) is 2.27. The van der Waals surface area contributed by atoms with Gasteiger partial charge in [0.1, 0.15) is 0 Å². The summed E-state index contributed by atoms with van der Waals surface area (Å²) in [5.41, 5.74) is 7.40. The first-order chi connectivity index (χ1) is 8.11. The van der Waals surface area contributed by atoms with Gasteiger partial charge in [-0.05, 0) is 32.9 Å². The zero-order chi connectivity index (χ0) is 12.4. The van der Waals surface area contributed by atoms with Crippen LogP contribution in [0.2, 0.25) is 0 Å². The van der Waals surface area contributed by atoms with Crippen LogP contribution in [0.1, 0.15) is 31.9 Å². The first-order valence-corrected chi connectivity index (χ1v) is 6.03. The number of methoxy groups -OCH3 is 1. The van der Waals surface area contributed by atoms with E-state index in [1.54, 1.807) is 7.11 Å². The van der Waals surface area contributed by atoms with Crippen molar-refractivity contribution in [2.75, 3.05) is 25.9 Å². The average molecular weight is 236 g/mol. The Bertz CT molecular complexity index is 394.